The Morgan fingerprint density at radius 2 is 1.65 bits per heavy atom. The van der Waals surface area contributed by atoms with E-state index in [1.807, 2.05) is 24.3 Å². The highest BCUT2D eigenvalue weighted by molar-refractivity contribution is 5.94. The first-order valence-corrected chi connectivity index (χ1v) is 12.0. The van der Waals surface area contributed by atoms with Crippen LogP contribution in [0.3, 0.4) is 0 Å². The van der Waals surface area contributed by atoms with Gasteiger partial charge in [0.05, 0.1) is 12.4 Å². The molecule has 4 unspecified atom stereocenters. The van der Waals surface area contributed by atoms with Crippen LogP contribution in [0.15, 0.2) is 43.0 Å². The van der Waals surface area contributed by atoms with Crippen LogP contribution in [0.25, 0.3) is 10.9 Å². The van der Waals surface area contributed by atoms with Crippen molar-refractivity contribution in [2.75, 3.05) is 0 Å². The molecule has 0 fully saturated rings. The molecule has 2 aromatic heterocycles. The van der Waals surface area contributed by atoms with E-state index in [1.54, 1.807) is 20.0 Å². The summed E-state index contributed by atoms with van der Waals surface area (Å²) >= 11 is 0. The van der Waals surface area contributed by atoms with Crippen LogP contribution in [0.1, 0.15) is 32.0 Å². The molecule has 0 aliphatic carbocycles. The lowest BCUT2D eigenvalue weighted by molar-refractivity contribution is -0.142. The zero-order valence-electron chi connectivity index (χ0n) is 20.9. The van der Waals surface area contributed by atoms with E-state index >= 15 is 0 Å². The van der Waals surface area contributed by atoms with Gasteiger partial charge in [-0.1, -0.05) is 32.0 Å². The van der Waals surface area contributed by atoms with Crippen molar-refractivity contribution in [1.82, 2.24) is 30.9 Å². The summed E-state index contributed by atoms with van der Waals surface area (Å²) in [6.45, 7) is 5.07. The van der Waals surface area contributed by atoms with Crippen LogP contribution in [0.2, 0.25) is 0 Å². The number of carboxylic acid groups (broad SMARTS) is 1. The predicted molar refractivity (Wildman–Crippen MR) is 136 cm³/mol. The average Bonchev–Trinajstić information content (AvgIpc) is 3.52. The third-order valence-corrected chi connectivity index (χ3v) is 6.10. The molecule has 3 aromatic rings. The number of nitrogens with two attached hydrogens (primary N) is 1. The number of fused-ring (bicyclic) bond motifs is 1. The maximum absolute atomic E-state index is 13.3. The quantitative estimate of drug-likeness (QED) is 0.180. The molecule has 3 amide bonds. The number of benzene rings is 1. The van der Waals surface area contributed by atoms with Gasteiger partial charge in [0.1, 0.15) is 18.1 Å². The fourth-order valence-corrected chi connectivity index (χ4v) is 3.79. The lowest BCUT2D eigenvalue weighted by Crippen LogP contribution is -2.57. The smallest absolute Gasteiger partial charge is 0.326 e. The Balaban J connectivity index is 1.79. The Kier molecular flexibility index (Phi) is 9.01. The first-order chi connectivity index (χ1) is 17.6. The lowest BCUT2D eigenvalue weighted by Gasteiger charge is -2.24. The predicted octanol–water partition coefficient (Wildman–Crippen LogP) is 0.218. The Hall–Kier alpha value is -4.19. The number of amides is 3. The van der Waals surface area contributed by atoms with Crippen molar-refractivity contribution in [3.8, 4) is 0 Å². The van der Waals surface area contributed by atoms with Crippen LogP contribution in [-0.4, -0.2) is 67.9 Å². The summed E-state index contributed by atoms with van der Waals surface area (Å²) in [5.41, 5.74) is 8.01. The second kappa shape index (κ2) is 12.2. The van der Waals surface area contributed by atoms with Crippen molar-refractivity contribution < 1.29 is 24.3 Å². The van der Waals surface area contributed by atoms with Crippen molar-refractivity contribution in [2.45, 2.75) is 57.8 Å². The topological polar surface area (TPSA) is 195 Å². The molecule has 0 bridgehead atoms. The van der Waals surface area contributed by atoms with Gasteiger partial charge in [-0.3, -0.25) is 14.4 Å². The normalized spacial score (nSPS) is 14.5. The van der Waals surface area contributed by atoms with Crippen molar-refractivity contribution in [3.05, 3.63) is 54.2 Å². The number of aromatic nitrogens is 3. The molecular weight excluding hydrogens is 478 g/mol. The minimum atomic E-state index is -1.25. The van der Waals surface area contributed by atoms with E-state index < -0.39 is 47.9 Å². The van der Waals surface area contributed by atoms with Crippen LogP contribution in [0, 0.1) is 5.92 Å². The maximum atomic E-state index is 13.3. The van der Waals surface area contributed by atoms with Gasteiger partial charge in [0.25, 0.3) is 0 Å². The number of H-pyrrole nitrogens is 2. The van der Waals surface area contributed by atoms with Gasteiger partial charge in [0.2, 0.25) is 17.7 Å². The molecule has 0 saturated heterocycles. The fourth-order valence-electron chi connectivity index (χ4n) is 3.79. The Morgan fingerprint density at radius 1 is 0.946 bits per heavy atom. The standard InChI is InChI=1S/C25H33N7O5/c1-13(2)21(26)24(35)30-14(3)22(33)31-19(8-15-10-28-18-7-5-4-6-17(15)18)23(34)32-20(25(36)37)9-16-11-27-12-29-16/h4-7,10-14,19-21,28H,8-9,26H2,1-3H3,(H,27,29)(H,30,35)(H,31,33)(H,32,34)(H,36,37). The SMILES string of the molecule is CC(NC(=O)C(N)C(C)C)C(=O)NC(Cc1c[nH]c2ccccc12)C(=O)NC(Cc1cnc[nH]1)C(=O)O. The maximum Gasteiger partial charge on any atom is 0.326 e. The molecule has 0 spiro atoms. The van der Waals surface area contributed by atoms with E-state index in [-0.39, 0.29) is 18.8 Å². The zero-order valence-corrected chi connectivity index (χ0v) is 20.9. The van der Waals surface area contributed by atoms with Gasteiger partial charge in [0.15, 0.2) is 0 Å². The second-order valence-corrected chi connectivity index (χ2v) is 9.31. The molecule has 2 heterocycles. The highest BCUT2D eigenvalue weighted by Crippen LogP contribution is 2.19. The third kappa shape index (κ3) is 7.17. The van der Waals surface area contributed by atoms with Gasteiger partial charge in [-0.2, -0.15) is 0 Å². The number of nitrogens with zero attached hydrogens (tertiary/aromatic N) is 1. The number of hydrogen-bond acceptors (Lipinski definition) is 6. The Morgan fingerprint density at radius 3 is 2.30 bits per heavy atom. The van der Waals surface area contributed by atoms with E-state index in [9.17, 15) is 24.3 Å². The monoisotopic (exact) mass is 511 g/mol. The molecule has 12 nitrogen and oxygen atoms in total. The van der Waals surface area contributed by atoms with Crippen LogP contribution in [-0.2, 0) is 32.0 Å². The molecule has 0 aliphatic heterocycles. The Labute approximate surface area is 213 Å². The number of imidazole rings is 1. The van der Waals surface area contributed by atoms with E-state index in [0.717, 1.165) is 16.5 Å². The number of carbonyl (C=O) groups is 4. The zero-order chi connectivity index (χ0) is 27.1. The van der Waals surface area contributed by atoms with Gasteiger partial charge in [-0.25, -0.2) is 9.78 Å². The minimum Gasteiger partial charge on any atom is -0.480 e. The summed E-state index contributed by atoms with van der Waals surface area (Å²) in [6.07, 6.45) is 4.69. The Bertz CT molecular complexity index is 1240. The van der Waals surface area contributed by atoms with Crippen LogP contribution < -0.4 is 21.7 Å². The number of rotatable bonds is 12. The first kappa shape index (κ1) is 27.4. The number of hydrogen-bond donors (Lipinski definition) is 7. The molecule has 1 aromatic carbocycles. The number of carbonyl (C=O) groups excluding carboxylic acids is 3. The number of aromatic amines is 2. The van der Waals surface area contributed by atoms with E-state index in [0.29, 0.717) is 5.69 Å². The molecule has 37 heavy (non-hydrogen) atoms. The van der Waals surface area contributed by atoms with E-state index in [2.05, 4.69) is 30.9 Å². The summed E-state index contributed by atoms with van der Waals surface area (Å²) in [7, 11) is 0. The molecule has 8 N–H and O–H groups in total. The first-order valence-electron chi connectivity index (χ1n) is 12.0. The van der Waals surface area contributed by atoms with Crippen LogP contribution in [0.4, 0.5) is 0 Å². The summed E-state index contributed by atoms with van der Waals surface area (Å²) < 4.78 is 0. The van der Waals surface area contributed by atoms with Crippen LogP contribution in [0.5, 0.6) is 0 Å². The molecule has 12 heteroatoms. The highest BCUT2D eigenvalue weighted by atomic mass is 16.4. The summed E-state index contributed by atoms with van der Waals surface area (Å²) in [6, 6.07) is 3.35. The van der Waals surface area contributed by atoms with E-state index in [4.69, 9.17) is 5.73 Å². The summed E-state index contributed by atoms with van der Waals surface area (Å²) in [5, 5.41) is 18.3. The summed E-state index contributed by atoms with van der Waals surface area (Å²) in [4.78, 5) is 60.2. The van der Waals surface area contributed by atoms with Gasteiger partial charge >= 0.3 is 5.97 Å². The molecule has 198 valence electrons. The number of aliphatic carboxylic acids is 1. The molecule has 4 atom stereocenters. The van der Waals surface area contributed by atoms with Crippen molar-refractivity contribution in [2.24, 2.45) is 11.7 Å². The van der Waals surface area contributed by atoms with Crippen molar-refractivity contribution in [1.29, 1.82) is 0 Å². The van der Waals surface area contributed by atoms with Gasteiger partial charge in [-0.05, 0) is 24.5 Å². The van der Waals surface area contributed by atoms with Gasteiger partial charge in [-0.15, -0.1) is 0 Å². The van der Waals surface area contributed by atoms with E-state index in [1.165, 1.54) is 19.4 Å². The third-order valence-electron chi connectivity index (χ3n) is 6.10. The fraction of sp³-hybridized carbons (Fsp3) is 0.400. The van der Waals surface area contributed by atoms with Gasteiger partial charge in [0, 0.05) is 41.8 Å². The molecule has 3 rings (SSSR count). The van der Waals surface area contributed by atoms with Crippen molar-refractivity contribution in [3.63, 3.8) is 0 Å². The van der Waals surface area contributed by atoms with Gasteiger partial charge < -0.3 is 36.8 Å². The number of carboxylic acids is 1. The largest absolute Gasteiger partial charge is 0.480 e. The molecular formula is C25H33N7O5. The highest BCUT2D eigenvalue weighted by Gasteiger charge is 2.30. The van der Waals surface area contributed by atoms with Crippen molar-refractivity contribution >= 4 is 34.6 Å². The number of nitrogens with one attached hydrogen (secondary N) is 5. The summed E-state index contributed by atoms with van der Waals surface area (Å²) in [5.74, 6) is -3.13. The molecule has 0 aliphatic rings. The lowest BCUT2D eigenvalue weighted by atomic mass is 10.0. The number of para-hydroxylation sites is 1. The minimum absolute atomic E-state index is 0.0195. The van der Waals surface area contributed by atoms with Crippen LogP contribution >= 0.6 is 0 Å². The molecule has 0 radical (unpaired) electrons. The average molecular weight is 512 g/mol. The second-order valence-electron chi connectivity index (χ2n) is 9.31. The molecule has 0 saturated carbocycles.